The zero-order valence-corrected chi connectivity index (χ0v) is 12.4. The first-order valence-corrected chi connectivity index (χ1v) is 7.65. The number of amides is 1. The van der Waals surface area contributed by atoms with Crippen molar-refractivity contribution in [3.8, 4) is 0 Å². The molecule has 1 amide bonds. The highest BCUT2D eigenvalue weighted by molar-refractivity contribution is 5.83. The van der Waals surface area contributed by atoms with Crippen LogP contribution in [0.25, 0.3) is 0 Å². The van der Waals surface area contributed by atoms with E-state index in [1.165, 1.54) is 0 Å². The van der Waals surface area contributed by atoms with Gasteiger partial charge in [-0.2, -0.15) is 0 Å². The molecule has 1 saturated heterocycles. The predicted octanol–water partition coefficient (Wildman–Crippen LogP) is 1.90. The number of hydrogen-bond donors (Lipinski definition) is 1. The van der Waals surface area contributed by atoms with Gasteiger partial charge in [-0.05, 0) is 32.1 Å². The number of carboxylic acids is 1. The molecule has 2 fully saturated rings. The van der Waals surface area contributed by atoms with E-state index in [1.807, 2.05) is 0 Å². The number of hydrogen-bond acceptors (Lipinski definition) is 3. The first-order valence-electron chi connectivity index (χ1n) is 7.65. The van der Waals surface area contributed by atoms with Crippen LogP contribution in [0.4, 0.5) is 0 Å². The molecule has 3 atom stereocenters. The summed E-state index contributed by atoms with van der Waals surface area (Å²) in [5, 5.41) is 9.52. The minimum atomic E-state index is -0.741. The number of carbonyl (C=O) groups is 2. The van der Waals surface area contributed by atoms with Crippen molar-refractivity contribution in [2.24, 2.45) is 11.3 Å². The number of carbonyl (C=O) groups excluding carboxylic acids is 1. The fraction of sp³-hybridized carbons (Fsp3) is 0.867. The lowest BCUT2D eigenvalue weighted by atomic mass is 9.81. The molecular formula is C15H25NO4. The maximum absolute atomic E-state index is 12.3. The Balaban J connectivity index is 1.95. The molecule has 0 aromatic carbocycles. The van der Waals surface area contributed by atoms with Gasteiger partial charge in [0.15, 0.2) is 0 Å². The molecule has 1 unspecified atom stereocenters. The summed E-state index contributed by atoms with van der Waals surface area (Å²) in [5.74, 6) is -0.683. The van der Waals surface area contributed by atoms with E-state index in [-0.39, 0.29) is 11.8 Å². The lowest BCUT2D eigenvalue weighted by Crippen LogP contribution is -2.41. The third-order valence-electron chi connectivity index (χ3n) is 4.82. The van der Waals surface area contributed by atoms with Gasteiger partial charge in [-0.25, -0.2) is 0 Å². The molecule has 1 aliphatic carbocycles. The Labute approximate surface area is 120 Å². The highest BCUT2D eigenvalue weighted by atomic mass is 16.5. The van der Waals surface area contributed by atoms with Gasteiger partial charge in [-0.15, -0.1) is 0 Å². The smallest absolute Gasteiger partial charge is 0.311 e. The van der Waals surface area contributed by atoms with Gasteiger partial charge in [-0.3, -0.25) is 9.59 Å². The molecule has 1 heterocycles. The van der Waals surface area contributed by atoms with E-state index in [0.717, 1.165) is 25.7 Å². The minimum absolute atomic E-state index is 0.0591. The molecule has 1 saturated carbocycles. The second-order valence-electron chi connectivity index (χ2n) is 6.14. The van der Waals surface area contributed by atoms with Crippen molar-refractivity contribution in [1.29, 1.82) is 0 Å². The topological polar surface area (TPSA) is 66.8 Å². The van der Waals surface area contributed by atoms with Crippen LogP contribution in [0.1, 0.15) is 46.0 Å². The zero-order valence-electron chi connectivity index (χ0n) is 12.4. The molecule has 5 heteroatoms. The normalized spacial score (nSPS) is 30.3. The van der Waals surface area contributed by atoms with Crippen LogP contribution in [0.15, 0.2) is 0 Å². The Kier molecular flexibility index (Phi) is 4.68. The molecule has 1 N–H and O–H groups in total. The van der Waals surface area contributed by atoms with Gasteiger partial charge in [0, 0.05) is 19.7 Å². The molecule has 0 aromatic rings. The van der Waals surface area contributed by atoms with Gasteiger partial charge in [0.05, 0.1) is 5.41 Å². The fourth-order valence-corrected chi connectivity index (χ4v) is 3.54. The van der Waals surface area contributed by atoms with E-state index in [1.54, 1.807) is 11.8 Å². The number of rotatable bonds is 6. The van der Waals surface area contributed by atoms with Crippen molar-refractivity contribution >= 4 is 11.9 Å². The van der Waals surface area contributed by atoms with Crippen LogP contribution in [-0.2, 0) is 14.3 Å². The maximum atomic E-state index is 12.3. The molecule has 114 valence electrons. The van der Waals surface area contributed by atoms with Crippen LogP contribution in [0, 0.1) is 11.3 Å². The van der Waals surface area contributed by atoms with Crippen molar-refractivity contribution in [2.45, 2.75) is 52.1 Å². The Morgan fingerprint density at radius 1 is 1.50 bits per heavy atom. The SMILES string of the molecule is CCCCOC(C)C(=O)N1C[C@@H]2CCC[C@@]2(C(=O)O)C1. The average molecular weight is 283 g/mol. The van der Waals surface area contributed by atoms with Crippen molar-refractivity contribution in [2.75, 3.05) is 19.7 Å². The first kappa shape index (κ1) is 15.3. The van der Waals surface area contributed by atoms with Crippen molar-refractivity contribution in [1.82, 2.24) is 4.90 Å². The van der Waals surface area contributed by atoms with Gasteiger partial charge < -0.3 is 14.7 Å². The molecule has 0 bridgehead atoms. The predicted molar refractivity (Wildman–Crippen MR) is 74.3 cm³/mol. The number of likely N-dealkylation sites (tertiary alicyclic amines) is 1. The van der Waals surface area contributed by atoms with Gasteiger partial charge >= 0.3 is 5.97 Å². The van der Waals surface area contributed by atoms with E-state index >= 15 is 0 Å². The summed E-state index contributed by atoms with van der Waals surface area (Å²) in [7, 11) is 0. The molecule has 20 heavy (non-hydrogen) atoms. The number of fused-ring (bicyclic) bond motifs is 1. The highest BCUT2D eigenvalue weighted by Gasteiger charge is 2.56. The summed E-state index contributed by atoms with van der Waals surface area (Å²) in [6.07, 6.45) is 4.09. The Morgan fingerprint density at radius 2 is 2.25 bits per heavy atom. The summed E-state index contributed by atoms with van der Waals surface area (Å²) in [5.41, 5.74) is -0.696. The van der Waals surface area contributed by atoms with E-state index in [0.29, 0.717) is 26.1 Å². The molecule has 0 aromatic heterocycles. The number of nitrogens with zero attached hydrogens (tertiary/aromatic N) is 1. The third-order valence-corrected chi connectivity index (χ3v) is 4.82. The summed E-state index contributed by atoms with van der Waals surface area (Å²) < 4.78 is 5.53. The lowest BCUT2D eigenvalue weighted by Gasteiger charge is -2.24. The van der Waals surface area contributed by atoms with Gasteiger partial charge in [0.1, 0.15) is 6.10 Å². The second kappa shape index (κ2) is 6.12. The van der Waals surface area contributed by atoms with E-state index in [2.05, 4.69) is 6.92 Å². The van der Waals surface area contributed by atoms with E-state index < -0.39 is 17.5 Å². The van der Waals surface area contributed by atoms with Gasteiger partial charge in [0.25, 0.3) is 5.91 Å². The van der Waals surface area contributed by atoms with Crippen LogP contribution < -0.4 is 0 Å². The second-order valence-corrected chi connectivity index (χ2v) is 6.14. The number of unbranched alkanes of at least 4 members (excludes halogenated alkanes) is 1. The lowest BCUT2D eigenvalue weighted by molar-refractivity contribution is -0.150. The quantitative estimate of drug-likeness (QED) is 0.756. The van der Waals surface area contributed by atoms with E-state index in [4.69, 9.17) is 4.74 Å². The van der Waals surface area contributed by atoms with Crippen molar-refractivity contribution < 1.29 is 19.4 Å². The number of carboxylic acid groups (broad SMARTS) is 1. The Bertz CT molecular complexity index is 384. The van der Waals surface area contributed by atoms with Crippen molar-refractivity contribution in [3.05, 3.63) is 0 Å². The summed E-state index contributed by atoms with van der Waals surface area (Å²) >= 11 is 0. The van der Waals surface area contributed by atoms with E-state index in [9.17, 15) is 14.7 Å². The maximum Gasteiger partial charge on any atom is 0.311 e. The summed E-state index contributed by atoms with van der Waals surface area (Å²) in [6.45, 7) is 5.36. The standard InChI is InChI=1S/C15H25NO4/c1-3-4-8-20-11(2)13(17)16-9-12-6-5-7-15(12,10-16)14(18)19/h11-12H,3-10H2,1-2H3,(H,18,19)/t11?,12-,15+/m0/s1. The Morgan fingerprint density at radius 3 is 2.85 bits per heavy atom. The van der Waals surface area contributed by atoms with Crippen LogP contribution in [0.3, 0.4) is 0 Å². The zero-order chi connectivity index (χ0) is 14.8. The van der Waals surface area contributed by atoms with Gasteiger partial charge in [0.2, 0.25) is 0 Å². The molecule has 5 nitrogen and oxygen atoms in total. The molecule has 2 aliphatic rings. The van der Waals surface area contributed by atoms with Crippen molar-refractivity contribution in [3.63, 3.8) is 0 Å². The number of ether oxygens (including phenoxy) is 1. The molecule has 0 spiro atoms. The molecule has 0 radical (unpaired) electrons. The van der Waals surface area contributed by atoms with Crippen LogP contribution in [-0.4, -0.2) is 47.7 Å². The fourth-order valence-electron chi connectivity index (χ4n) is 3.54. The van der Waals surface area contributed by atoms with Crippen LogP contribution >= 0.6 is 0 Å². The average Bonchev–Trinajstić information content (AvgIpc) is 2.95. The minimum Gasteiger partial charge on any atom is -0.481 e. The molecular weight excluding hydrogens is 258 g/mol. The summed E-state index contributed by atoms with van der Waals surface area (Å²) in [4.78, 5) is 25.6. The first-order chi connectivity index (χ1) is 9.51. The summed E-state index contributed by atoms with van der Waals surface area (Å²) in [6, 6.07) is 0. The monoisotopic (exact) mass is 283 g/mol. The van der Waals surface area contributed by atoms with Crippen LogP contribution in [0.2, 0.25) is 0 Å². The number of aliphatic carboxylic acids is 1. The Hall–Kier alpha value is -1.10. The largest absolute Gasteiger partial charge is 0.481 e. The highest BCUT2D eigenvalue weighted by Crippen LogP contribution is 2.48. The molecule has 1 aliphatic heterocycles. The van der Waals surface area contributed by atoms with Crippen LogP contribution in [0.5, 0.6) is 0 Å². The van der Waals surface area contributed by atoms with Gasteiger partial charge in [-0.1, -0.05) is 19.8 Å². The molecule has 2 rings (SSSR count). The third kappa shape index (κ3) is 2.68.